The number of hydrogen-bond acceptors (Lipinski definition) is 12. The molecule has 1 aliphatic rings. The van der Waals surface area contributed by atoms with E-state index in [1.165, 1.54) is 19.1 Å². The maximum absolute atomic E-state index is 12.4. The van der Waals surface area contributed by atoms with E-state index in [1.807, 2.05) is 0 Å². The number of aliphatic hydroxyl groups is 1. The quantitative estimate of drug-likeness (QED) is 0.0750. The fourth-order valence-corrected chi connectivity index (χ4v) is 6.67. The summed E-state index contributed by atoms with van der Waals surface area (Å²) in [5.74, 6) is -0.345. The van der Waals surface area contributed by atoms with Crippen LogP contribution in [0.15, 0.2) is 21.9 Å². The summed E-state index contributed by atoms with van der Waals surface area (Å²) >= 11 is 0. The Hall–Kier alpha value is -2.31. The second-order valence-corrected chi connectivity index (χ2v) is 13.5. The normalized spacial score (nSPS) is 21.8. The molecule has 5 atom stereocenters. The van der Waals surface area contributed by atoms with Gasteiger partial charge in [-0.25, -0.2) is 18.5 Å². The summed E-state index contributed by atoms with van der Waals surface area (Å²) in [6.45, 7) is 1.08. The van der Waals surface area contributed by atoms with Crippen molar-refractivity contribution in [2.75, 3.05) is 19.7 Å². The van der Waals surface area contributed by atoms with E-state index in [9.17, 15) is 47.8 Å². The lowest BCUT2D eigenvalue weighted by molar-refractivity contribution is -0.121. The van der Waals surface area contributed by atoms with E-state index in [4.69, 9.17) is 14.5 Å². The molecule has 0 bridgehead atoms. The Balaban J connectivity index is 1.92. The monoisotopic (exact) mass is 678 g/mol. The molecule has 0 radical (unpaired) electrons. The van der Waals surface area contributed by atoms with Gasteiger partial charge in [0.1, 0.15) is 12.3 Å². The third-order valence-corrected chi connectivity index (χ3v) is 9.30. The van der Waals surface area contributed by atoms with E-state index in [0.717, 1.165) is 23.6 Å². The van der Waals surface area contributed by atoms with E-state index in [2.05, 4.69) is 28.8 Å². The summed E-state index contributed by atoms with van der Waals surface area (Å²) in [5.41, 5.74) is -1.69. The number of aromatic nitrogens is 2. The number of H-pyrrole nitrogens is 1. The van der Waals surface area contributed by atoms with Gasteiger partial charge in [0.15, 0.2) is 0 Å². The van der Waals surface area contributed by atoms with Gasteiger partial charge in [0.2, 0.25) is 11.8 Å². The highest BCUT2D eigenvalue weighted by Gasteiger charge is 2.43. The standard InChI is InChI=1S/C20H33N4O16P3/c1-13(25)21-8-4-2-3-7-17(27)22-9-5-6-14-11-24(20(29)23-19(14)28)18-10-15(26)16(38-18)12-37-42(33,34)40-43(35,36)39-41(30,31)32/h5-6,11,15-16,18,26H,2-4,7-10,12H2,1H3,(H,21,25)(H,22,27)(H,33,34)(H,35,36)(H,23,28,29)(H2,30,31,32)/b6-5+/t15-,16-,18-/m1/s1. The maximum atomic E-state index is 12.4. The summed E-state index contributed by atoms with van der Waals surface area (Å²) in [6, 6.07) is 0. The molecule has 2 heterocycles. The lowest BCUT2D eigenvalue weighted by atomic mass is 10.2. The molecular formula is C20H33N4O16P3. The smallest absolute Gasteiger partial charge is 0.390 e. The van der Waals surface area contributed by atoms with E-state index in [-0.39, 0.29) is 36.8 Å². The summed E-state index contributed by atoms with van der Waals surface area (Å²) < 4.78 is 52.1. The van der Waals surface area contributed by atoms with Crippen LogP contribution in [-0.2, 0) is 41.2 Å². The number of amides is 2. The van der Waals surface area contributed by atoms with Crippen LogP contribution in [0.3, 0.4) is 0 Å². The van der Waals surface area contributed by atoms with Crippen LogP contribution in [0.2, 0.25) is 0 Å². The molecule has 20 nitrogen and oxygen atoms in total. The predicted molar refractivity (Wildman–Crippen MR) is 145 cm³/mol. The Morgan fingerprint density at radius 2 is 1.79 bits per heavy atom. The van der Waals surface area contributed by atoms with Crippen LogP contribution in [-0.4, -0.2) is 77.9 Å². The number of aromatic amines is 1. The Labute approximate surface area is 243 Å². The molecule has 0 spiro atoms. The largest absolute Gasteiger partial charge is 0.490 e. The molecule has 2 unspecified atom stereocenters. The molecule has 1 fully saturated rings. The van der Waals surface area contributed by atoms with Gasteiger partial charge in [-0.05, 0) is 12.8 Å². The van der Waals surface area contributed by atoms with Crippen LogP contribution >= 0.6 is 23.5 Å². The van der Waals surface area contributed by atoms with Gasteiger partial charge < -0.3 is 40.1 Å². The second-order valence-electron chi connectivity index (χ2n) is 9.07. The first-order chi connectivity index (χ1) is 19.9. The van der Waals surface area contributed by atoms with Crippen LogP contribution in [0.5, 0.6) is 0 Å². The summed E-state index contributed by atoms with van der Waals surface area (Å²) in [4.78, 5) is 85.3. The van der Waals surface area contributed by atoms with Crippen molar-refractivity contribution in [1.29, 1.82) is 0 Å². The minimum absolute atomic E-state index is 0.0124. The third-order valence-electron chi connectivity index (χ3n) is 5.50. The molecule has 2 amide bonds. The highest BCUT2D eigenvalue weighted by molar-refractivity contribution is 7.66. The zero-order valence-corrected chi connectivity index (χ0v) is 25.3. The zero-order valence-electron chi connectivity index (χ0n) is 22.6. The highest BCUT2D eigenvalue weighted by Crippen LogP contribution is 2.66. The minimum Gasteiger partial charge on any atom is -0.390 e. The number of carbonyl (C=O) groups is 2. The molecule has 1 aromatic rings. The second kappa shape index (κ2) is 16.1. The molecule has 8 N–H and O–H groups in total. The molecule has 23 heteroatoms. The van der Waals surface area contributed by atoms with Crippen LogP contribution < -0.4 is 21.9 Å². The van der Waals surface area contributed by atoms with Crippen molar-refractivity contribution in [3.63, 3.8) is 0 Å². The van der Waals surface area contributed by atoms with Crippen LogP contribution in [0, 0.1) is 0 Å². The Morgan fingerprint density at radius 3 is 2.44 bits per heavy atom. The number of nitrogens with one attached hydrogen (secondary N) is 3. The van der Waals surface area contributed by atoms with E-state index in [0.29, 0.717) is 13.0 Å². The van der Waals surface area contributed by atoms with Crippen molar-refractivity contribution in [2.45, 2.75) is 57.5 Å². The fraction of sp³-hybridized carbons (Fsp3) is 0.600. The Bertz CT molecular complexity index is 1420. The van der Waals surface area contributed by atoms with Crippen LogP contribution in [0.1, 0.15) is 50.8 Å². The van der Waals surface area contributed by atoms with Gasteiger partial charge in [0, 0.05) is 39.1 Å². The first-order valence-corrected chi connectivity index (χ1v) is 17.0. The van der Waals surface area contributed by atoms with E-state index in [1.54, 1.807) is 0 Å². The predicted octanol–water partition coefficient (Wildman–Crippen LogP) is -0.646. The van der Waals surface area contributed by atoms with Gasteiger partial charge >= 0.3 is 29.2 Å². The van der Waals surface area contributed by atoms with Gasteiger partial charge in [-0.1, -0.05) is 18.6 Å². The third kappa shape index (κ3) is 13.9. The van der Waals surface area contributed by atoms with E-state index < -0.39 is 59.8 Å². The van der Waals surface area contributed by atoms with Crippen molar-refractivity contribution < 1.29 is 65.8 Å². The average molecular weight is 678 g/mol. The molecule has 244 valence electrons. The van der Waals surface area contributed by atoms with Crippen LogP contribution in [0.25, 0.3) is 6.08 Å². The lowest BCUT2D eigenvalue weighted by Gasteiger charge is -2.19. The van der Waals surface area contributed by atoms with Gasteiger partial charge in [-0.3, -0.25) is 28.5 Å². The summed E-state index contributed by atoms with van der Waals surface area (Å²) in [5, 5.41) is 15.6. The van der Waals surface area contributed by atoms with Crippen molar-refractivity contribution in [1.82, 2.24) is 20.2 Å². The SMILES string of the molecule is CC(=O)NCCCCCC(=O)NC/C=C/c1cn([C@H]2C[C@@H](O)[C@@H](COP(=O)(O)OP(=O)(O)OP(=O)(O)O)O2)c(=O)[nH]c1=O. The lowest BCUT2D eigenvalue weighted by Crippen LogP contribution is -2.33. The molecule has 0 aromatic carbocycles. The number of unbranched alkanes of at least 4 members (excludes halogenated alkanes) is 2. The molecule has 0 aliphatic carbocycles. The van der Waals surface area contributed by atoms with Crippen molar-refractivity contribution in [3.05, 3.63) is 38.7 Å². The number of nitrogens with zero attached hydrogens (tertiary/aromatic N) is 1. The summed E-state index contributed by atoms with van der Waals surface area (Å²) in [6.07, 6.45) is 2.02. The van der Waals surface area contributed by atoms with Crippen molar-refractivity contribution >= 4 is 41.4 Å². The molecule has 0 saturated carbocycles. The number of carbonyl (C=O) groups excluding carboxylic acids is 2. The topological polar surface area (TPSA) is 302 Å². The summed E-state index contributed by atoms with van der Waals surface area (Å²) in [7, 11) is -16.8. The van der Waals surface area contributed by atoms with Gasteiger partial charge in [-0.2, -0.15) is 8.62 Å². The number of rotatable bonds is 17. The highest BCUT2D eigenvalue weighted by atomic mass is 31.3. The number of aliphatic hydroxyl groups excluding tert-OH is 1. The molecule has 43 heavy (non-hydrogen) atoms. The number of hydrogen-bond donors (Lipinski definition) is 8. The minimum atomic E-state index is -5.74. The Morgan fingerprint density at radius 1 is 1.09 bits per heavy atom. The molecule has 1 saturated heterocycles. The van der Waals surface area contributed by atoms with Gasteiger partial charge in [0.05, 0.1) is 18.3 Å². The van der Waals surface area contributed by atoms with Crippen molar-refractivity contribution in [3.8, 4) is 0 Å². The molecule has 1 aliphatic heterocycles. The van der Waals surface area contributed by atoms with E-state index >= 15 is 0 Å². The first-order valence-electron chi connectivity index (χ1n) is 12.5. The number of ether oxygens (including phenoxy) is 1. The average Bonchev–Trinajstić information content (AvgIpc) is 3.21. The molecule has 2 rings (SSSR count). The van der Waals surface area contributed by atoms with Gasteiger partial charge in [0.25, 0.3) is 5.56 Å². The molecular weight excluding hydrogens is 645 g/mol. The van der Waals surface area contributed by atoms with Gasteiger partial charge in [-0.15, -0.1) is 0 Å². The number of phosphoric acid groups is 3. The van der Waals surface area contributed by atoms with Crippen molar-refractivity contribution in [2.24, 2.45) is 0 Å². The van der Waals surface area contributed by atoms with Crippen LogP contribution in [0.4, 0.5) is 0 Å². The maximum Gasteiger partial charge on any atom is 0.490 e. The Kier molecular flexibility index (Phi) is 13.8. The first kappa shape index (κ1) is 36.9. The number of phosphoric ester groups is 1. The zero-order chi connectivity index (χ0) is 32.4. The fourth-order valence-electron chi connectivity index (χ4n) is 3.64. The molecule has 1 aromatic heterocycles.